The van der Waals surface area contributed by atoms with Gasteiger partial charge in [0, 0.05) is 31.2 Å². The lowest BCUT2D eigenvalue weighted by Crippen LogP contribution is -2.39. The van der Waals surface area contributed by atoms with E-state index in [1.54, 1.807) is 0 Å². The largest absolute Gasteiger partial charge is 0.375 e. The third kappa shape index (κ3) is 1.81. The molecule has 2 heteroatoms. The van der Waals surface area contributed by atoms with Gasteiger partial charge < -0.3 is 10.2 Å². The Hall–Kier alpha value is -0.500. The van der Waals surface area contributed by atoms with Crippen LogP contribution in [0.5, 0.6) is 0 Å². The summed E-state index contributed by atoms with van der Waals surface area (Å²) < 4.78 is 0. The van der Waals surface area contributed by atoms with E-state index in [1.807, 2.05) is 7.05 Å². The predicted molar refractivity (Wildman–Crippen MR) is 53.0 cm³/mol. The molecule has 1 saturated heterocycles. The average Bonchev–Trinajstić information content (AvgIpc) is 2.07. The Balaban J connectivity index is 2.53. The van der Waals surface area contributed by atoms with Crippen LogP contribution in [0.2, 0.25) is 0 Å². The van der Waals surface area contributed by atoms with Crippen LogP contribution in [0, 0.1) is 5.92 Å². The highest BCUT2D eigenvalue weighted by atomic mass is 15.1. The Bertz CT molecular complexity index is 165. The normalized spacial score (nSPS) is 30.9. The van der Waals surface area contributed by atoms with Crippen molar-refractivity contribution in [1.29, 1.82) is 0 Å². The summed E-state index contributed by atoms with van der Waals surface area (Å²) in [5.41, 5.74) is 1.29. The lowest BCUT2D eigenvalue weighted by atomic mass is 9.91. The molecule has 12 heavy (non-hydrogen) atoms. The van der Waals surface area contributed by atoms with Gasteiger partial charge in [-0.15, -0.1) is 0 Å². The third-order valence-electron chi connectivity index (χ3n) is 2.97. The molecule has 0 amide bonds. The van der Waals surface area contributed by atoms with Crippen LogP contribution in [0.15, 0.2) is 12.3 Å². The zero-order valence-electron chi connectivity index (χ0n) is 8.43. The number of piperidine rings is 1. The van der Waals surface area contributed by atoms with Crippen LogP contribution in [0.3, 0.4) is 0 Å². The van der Waals surface area contributed by atoms with E-state index in [4.69, 9.17) is 0 Å². The van der Waals surface area contributed by atoms with Crippen LogP contribution in [0.25, 0.3) is 0 Å². The van der Waals surface area contributed by atoms with Crippen molar-refractivity contribution < 1.29 is 0 Å². The molecule has 1 fully saturated rings. The van der Waals surface area contributed by atoms with E-state index in [1.165, 1.54) is 18.5 Å². The number of nitrogens with one attached hydrogen (secondary N) is 1. The van der Waals surface area contributed by atoms with E-state index in [-0.39, 0.29) is 0 Å². The molecule has 2 unspecified atom stereocenters. The maximum Gasteiger partial charge on any atom is 0.0255 e. The van der Waals surface area contributed by atoms with Gasteiger partial charge >= 0.3 is 0 Å². The molecule has 1 aliphatic rings. The summed E-state index contributed by atoms with van der Waals surface area (Å²) in [6.07, 6.45) is 2.58. The molecule has 1 aliphatic heterocycles. The van der Waals surface area contributed by atoms with Gasteiger partial charge in [0.2, 0.25) is 0 Å². The van der Waals surface area contributed by atoms with Crippen LogP contribution < -0.4 is 5.32 Å². The lowest BCUT2D eigenvalue weighted by molar-refractivity contribution is 0.211. The summed E-state index contributed by atoms with van der Waals surface area (Å²) in [6.45, 7) is 7.46. The molecule has 70 valence electrons. The molecule has 1 heterocycles. The van der Waals surface area contributed by atoms with Crippen molar-refractivity contribution in [3.63, 3.8) is 0 Å². The molecule has 0 saturated carbocycles. The van der Waals surface area contributed by atoms with Gasteiger partial charge in [-0.3, -0.25) is 0 Å². The van der Waals surface area contributed by atoms with Crippen LogP contribution in [0.4, 0.5) is 0 Å². The first-order valence-corrected chi connectivity index (χ1v) is 4.73. The fourth-order valence-corrected chi connectivity index (χ4v) is 1.84. The number of rotatable bonds is 2. The molecule has 0 aromatic rings. The number of hydrogen-bond donors (Lipinski definition) is 1. The first kappa shape index (κ1) is 9.59. The minimum absolute atomic E-state index is 0.649. The van der Waals surface area contributed by atoms with Crippen molar-refractivity contribution in [2.45, 2.75) is 25.8 Å². The monoisotopic (exact) mass is 168 g/mol. The van der Waals surface area contributed by atoms with E-state index in [0.29, 0.717) is 12.0 Å². The smallest absolute Gasteiger partial charge is 0.0255 e. The Kier molecular flexibility index (Phi) is 3.15. The summed E-state index contributed by atoms with van der Waals surface area (Å²) in [4.78, 5) is 2.31. The first-order valence-electron chi connectivity index (χ1n) is 4.73. The predicted octanol–water partition coefficient (Wildman–Crippen LogP) is 1.45. The molecule has 0 aromatic carbocycles. The highest BCUT2D eigenvalue weighted by Gasteiger charge is 2.24. The summed E-state index contributed by atoms with van der Waals surface area (Å²) >= 11 is 0. The quantitative estimate of drug-likeness (QED) is 0.671. The minimum atomic E-state index is 0.649. The van der Waals surface area contributed by atoms with Gasteiger partial charge in [-0.05, 0) is 26.8 Å². The second-order valence-corrected chi connectivity index (χ2v) is 3.78. The van der Waals surface area contributed by atoms with Crippen LogP contribution >= 0.6 is 0 Å². The summed E-state index contributed by atoms with van der Waals surface area (Å²) in [6, 6.07) is 0.672. The molecule has 0 spiro atoms. The minimum Gasteiger partial charge on any atom is -0.375 e. The molecule has 0 aromatic heterocycles. The van der Waals surface area contributed by atoms with Crippen LogP contribution in [-0.2, 0) is 0 Å². The zero-order chi connectivity index (χ0) is 9.14. The standard InChI is InChI=1S/C10H20N2/c1-8-5-6-10(7-11-3)9(2)12(8)4/h8,10-11H,2,5-7H2,1,3-4H3. The summed E-state index contributed by atoms with van der Waals surface area (Å²) in [5.74, 6) is 0.649. The maximum absolute atomic E-state index is 4.13. The molecular weight excluding hydrogens is 148 g/mol. The van der Waals surface area contributed by atoms with Crippen molar-refractivity contribution in [3.8, 4) is 0 Å². The Labute approximate surface area is 75.6 Å². The fraction of sp³-hybridized carbons (Fsp3) is 0.800. The number of nitrogens with zero attached hydrogens (tertiary/aromatic N) is 1. The van der Waals surface area contributed by atoms with E-state index >= 15 is 0 Å². The average molecular weight is 168 g/mol. The lowest BCUT2D eigenvalue weighted by Gasteiger charge is -2.38. The van der Waals surface area contributed by atoms with Crippen molar-refractivity contribution in [2.75, 3.05) is 20.6 Å². The first-order chi connectivity index (χ1) is 5.66. The van der Waals surface area contributed by atoms with Crippen LogP contribution in [-0.4, -0.2) is 31.6 Å². The molecule has 0 bridgehead atoms. The molecule has 1 N–H and O–H groups in total. The maximum atomic E-state index is 4.13. The fourth-order valence-electron chi connectivity index (χ4n) is 1.84. The molecule has 1 rings (SSSR count). The molecule has 2 atom stereocenters. The zero-order valence-corrected chi connectivity index (χ0v) is 8.43. The summed E-state index contributed by atoms with van der Waals surface area (Å²) in [7, 11) is 4.15. The van der Waals surface area contributed by atoms with Gasteiger partial charge in [-0.1, -0.05) is 6.58 Å². The third-order valence-corrected chi connectivity index (χ3v) is 2.97. The highest BCUT2D eigenvalue weighted by Crippen LogP contribution is 2.27. The molecule has 0 radical (unpaired) electrons. The van der Waals surface area contributed by atoms with Gasteiger partial charge in [0.1, 0.15) is 0 Å². The summed E-state index contributed by atoms with van der Waals surface area (Å²) in [5, 5.41) is 3.22. The Morgan fingerprint density at radius 2 is 2.25 bits per heavy atom. The number of hydrogen-bond acceptors (Lipinski definition) is 2. The highest BCUT2D eigenvalue weighted by molar-refractivity contribution is 5.04. The van der Waals surface area contributed by atoms with Crippen molar-refractivity contribution in [3.05, 3.63) is 12.3 Å². The Morgan fingerprint density at radius 1 is 1.58 bits per heavy atom. The number of likely N-dealkylation sites (tertiary alicyclic amines) is 1. The molecular formula is C10H20N2. The molecule has 2 nitrogen and oxygen atoms in total. The second-order valence-electron chi connectivity index (χ2n) is 3.78. The Morgan fingerprint density at radius 3 is 2.83 bits per heavy atom. The van der Waals surface area contributed by atoms with Gasteiger partial charge in [0.15, 0.2) is 0 Å². The van der Waals surface area contributed by atoms with E-state index < -0.39 is 0 Å². The van der Waals surface area contributed by atoms with E-state index in [9.17, 15) is 0 Å². The topological polar surface area (TPSA) is 15.3 Å². The van der Waals surface area contributed by atoms with Crippen molar-refractivity contribution in [1.82, 2.24) is 10.2 Å². The van der Waals surface area contributed by atoms with Crippen LogP contribution in [0.1, 0.15) is 19.8 Å². The van der Waals surface area contributed by atoms with E-state index in [2.05, 4.69) is 30.8 Å². The van der Waals surface area contributed by atoms with Crippen molar-refractivity contribution in [2.24, 2.45) is 5.92 Å². The van der Waals surface area contributed by atoms with Crippen molar-refractivity contribution >= 4 is 0 Å². The second kappa shape index (κ2) is 3.94. The van der Waals surface area contributed by atoms with E-state index in [0.717, 1.165) is 6.54 Å². The van der Waals surface area contributed by atoms with Gasteiger partial charge in [0.25, 0.3) is 0 Å². The molecule has 0 aliphatic carbocycles. The van der Waals surface area contributed by atoms with Gasteiger partial charge in [-0.2, -0.15) is 0 Å². The SMILES string of the molecule is C=C1C(CNC)CCC(C)N1C. The van der Waals surface area contributed by atoms with Gasteiger partial charge in [0.05, 0.1) is 0 Å². The van der Waals surface area contributed by atoms with Gasteiger partial charge in [-0.25, -0.2) is 0 Å².